The number of aryl methyl sites for hydroxylation is 2. The molecule has 14 heavy (non-hydrogen) atoms. The zero-order valence-electron chi connectivity index (χ0n) is 8.42. The summed E-state index contributed by atoms with van der Waals surface area (Å²) in [6, 6.07) is 2.13. The highest BCUT2D eigenvalue weighted by molar-refractivity contribution is 7.23. The van der Waals surface area contributed by atoms with Gasteiger partial charge in [-0.3, -0.25) is 0 Å². The second kappa shape index (κ2) is 3.71. The summed E-state index contributed by atoms with van der Waals surface area (Å²) in [4.78, 5) is 5.84. The lowest BCUT2D eigenvalue weighted by atomic mass is 10.3. The molecule has 2 rings (SSSR count). The van der Waals surface area contributed by atoms with Gasteiger partial charge in [0, 0.05) is 7.05 Å². The van der Waals surface area contributed by atoms with Crippen LogP contribution in [-0.4, -0.2) is 12.0 Å². The summed E-state index contributed by atoms with van der Waals surface area (Å²) in [5.41, 5.74) is 2.40. The van der Waals surface area contributed by atoms with Crippen LogP contribution in [0.3, 0.4) is 0 Å². The topological polar surface area (TPSA) is 24.9 Å². The summed E-state index contributed by atoms with van der Waals surface area (Å²) in [6.07, 6.45) is 0. The van der Waals surface area contributed by atoms with Gasteiger partial charge in [0.15, 0.2) is 0 Å². The quantitative estimate of drug-likeness (QED) is 0.844. The molecule has 0 aliphatic heterocycles. The molecule has 2 heterocycles. The number of hydrogen-bond acceptors (Lipinski definition) is 4. The van der Waals surface area contributed by atoms with Gasteiger partial charge in [-0.2, -0.15) is 0 Å². The van der Waals surface area contributed by atoms with Gasteiger partial charge in [0.2, 0.25) is 0 Å². The fraction of sp³-hybridized carbons (Fsp3) is 0.300. The Balaban J connectivity index is 2.47. The maximum Gasteiger partial charge on any atom is 0.135 e. The molecule has 4 heteroatoms. The van der Waals surface area contributed by atoms with E-state index in [1.165, 1.54) is 10.4 Å². The minimum Gasteiger partial charge on any atom is -0.378 e. The minimum absolute atomic E-state index is 1.08. The van der Waals surface area contributed by atoms with Crippen LogP contribution in [0.2, 0.25) is 0 Å². The molecule has 2 aromatic heterocycles. The molecule has 2 nitrogen and oxygen atoms in total. The molecular weight excluding hydrogens is 212 g/mol. The van der Waals surface area contributed by atoms with E-state index in [0.29, 0.717) is 0 Å². The highest BCUT2D eigenvalue weighted by Gasteiger charge is 2.10. The molecule has 0 radical (unpaired) electrons. The third kappa shape index (κ3) is 1.55. The van der Waals surface area contributed by atoms with Gasteiger partial charge < -0.3 is 5.32 Å². The fourth-order valence-corrected chi connectivity index (χ4v) is 3.32. The second-order valence-corrected chi connectivity index (χ2v) is 5.03. The number of hydrogen-bond donors (Lipinski definition) is 1. The monoisotopic (exact) mass is 224 g/mol. The van der Waals surface area contributed by atoms with Crippen LogP contribution in [0.4, 0.5) is 5.00 Å². The molecule has 0 amide bonds. The standard InChI is InChI=1S/C10H12N2S2/c1-6-4-5-13-8(6)10-12-7(2)9(11-3)14-10/h4-5,11H,1-3H3. The van der Waals surface area contributed by atoms with Crippen LogP contribution in [0, 0.1) is 13.8 Å². The smallest absolute Gasteiger partial charge is 0.135 e. The van der Waals surface area contributed by atoms with Gasteiger partial charge in [0.05, 0.1) is 10.6 Å². The van der Waals surface area contributed by atoms with Gasteiger partial charge in [-0.25, -0.2) is 4.98 Å². The molecule has 0 spiro atoms. The van der Waals surface area contributed by atoms with Crippen molar-refractivity contribution in [3.63, 3.8) is 0 Å². The second-order valence-electron chi connectivity index (χ2n) is 3.12. The Morgan fingerprint density at radius 2 is 2.14 bits per heavy atom. The van der Waals surface area contributed by atoms with Gasteiger partial charge in [-0.1, -0.05) is 11.3 Å². The first-order valence-electron chi connectivity index (χ1n) is 4.42. The number of anilines is 1. The Labute approximate surface area is 91.6 Å². The number of thiophene rings is 1. The number of thiazole rings is 1. The molecular formula is C10H12N2S2. The lowest BCUT2D eigenvalue weighted by molar-refractivity contribution is 1.26. The minimum atomic E-state index is 1.08. The summed E-state index contributed by atoms with van der Waals surface area (Å²) >= 11 is 3.47. The van der Waals surface area contributed by atoms with Crippen LogP contribution in [0.25, 0.3) is 9.88 Å². The van der Waals surface area contributed by atoms with Crippen LogP contribution in [-0.2, 0) is 0 Å². The van der Waals surface area contributed by atoms with E-state index in [4.69, 9.17) is 0 Å². The van der Waals surface area contributed by atoms with E-state index in [-0.39, 0.29) is 0 Å². The van der Waals surface area contributed by atoms with Crippen molar-refractivity contribution in [3.05, 3.63) is 22.7 Å². The van der Waals surface area contributed by atoms with Gasteiger partial charge in [-0.15, -0.1) is 11.3 Å². The van der Waals surface area contributed by atoms with Crippen molar-refractivity contribution in [2.75, 3.05) is 12.4 Å². The zero-order valence-corrected chi connectivity index (χ0v) is 10.1. The predicted molar refractivity (Wildman–Crippen MR) is 64.4 cm³/mol. The largest absolute Gasteiger partial charge is 0.378 e. The Morgan fingerprint density at radius 3 is 2.64 bits per heavy atom. The summed E-state index contributed by atoms with van der Waals surface area (Å²) in [5.74, 6) is 0. The molecule has 0 aliphatic carbocycles. The normalized spacial score (nSPS) is 10.5. The highest BCUT2D eigenvalue weighted by Crippen LogP contribution is 2.35. The van der Waals surface area contributed by atoms with E-state index in [9.17, 15) is 0 Å². The Hall–Kier alpha value is -0.870. The Bertz CT molecular complexity index is 443. The first-order chi connectivity index (χ1) is 6.72. The van der Waals surface area contributed by atoms with Crippen LogP contribution < -0.4 is 5.32 Å². The van der Waals surface area contributed by atoms with Crippen molar-refractivity contribution >= 4 is 27.7 Å². The van der Waals surface area contributed by atoms with E-state index in [2.05, 4.69) is 28.7 Å². The molecule has 74 valence electrons. The van der Waals surface area contributed by atoms with Gasteiger partial charge in [0.25, 0.3) is 0 Å². The van der Waals surface area contributed by atoms with Crippen LogP contribution in [0.5, 0.6) is 0 Å². The summed E-state index contributed by atoms with van der Waals surface area (Å²) in [5, 5.41) is 7.55. The SMILES string of the molecule is CNc1sc(-c2sccc2C)nc1C. The number of nitrogens with zero attached hydrogens (tertiary/aromatic N) is 1. The molecule has 0 saturated heterocycles. The van der Waals surface area contributed by atoms with Crippen molar-refractivity contribution in [2.24, 2.45) is 0 Å². The molecule has 0 aromatic carbocycles. The van der Waals surface area contributed by atoms with Crippen LogP contribution in [0.1, 0.15) is 11.3 Å². The molecule has 0 bridgehead atoms. The van der Waals surface area contributed by atoms with E-state index in [0.717, 1.165) is 15.7 Å². The van der Waals surface area contributed by atoms with Crippen molar-refractivity contribution in [3.8, 4) is 9.88 Å². The summed E-state index contributed by atoms with van der Waals surface area (Å²) in [7, 11) is 1.94. The van der Waals surface area contributed by atoms with Crippen LogP contribution in [0.15, 0.2) is 11.4 Å². The molecule has 1 N–H and O–H groups in total. The van der Waals surface area contributed by atoms with E-state index in [1.54, 1.807) is 22.7 Å². The van der Waals surface area contributed by atoms with Gasteiger partial charge in [0.1, 0.15) is 10.0 Å². The molecule has 0 unspecified atom stereocenters. The van der Waals surface area contributed by atoms with E-state index in [1.807, 2.05) is 14.0 Å². The third-order valence-corrected chi connectivity index (χ3v) is 4.42. The van der Waals surface area contributed by atoms with Crippen molar-refractivity contribution in [2.45, 2.75) is 13.8 Å². The van der Waals surface area contributed by atoms with Gasteiger partial charge in [-0.05, 0) is 30.9 Å². The lowest BCUT2D eigenvalue weighted by Gasteiger charge is -1.92. The van der Waals surface area contributed by atoms with Gasteiger partial charge >= 0.3 is 0 Å². The van der Waals surface area contributed by atoms with Crippen LogP contribution >= 0.6 is 22.7 Å². The molecule has 2 aromatic rings. The average molecular weight is 224 g/mol. The maximum absolute atomic E-state index is 4.55. The van der Waals surface area contributed by atoms with E-state index >= 15 is 0 Å². The third-order valence-electron chi connectivity index (χ3n) is 2.08. The fourth-order valence-electron chi connectivity index (χ4n) is 1.32. The van der Waals surface area contributed by atoms with E-state index < -0.39 is 0 Å². The number of nitrogens with one attached hydrogen (secondary N) is 1. The number of aromatic nitrogens is 1. The van der Waals surface area contributed by atoms with Crippen molar-refractivity contribution in [1.29, 1.82) is 0 Å². The first kappa shape index (κ1) is 9.68. The predicted octanol–water partition coefficient (Wildman–Crippen LogP) is 3.53. The zero-order chi connectivity index (χ0) is 10.1. The molecule has 0 aliphatic rings. The average Bonchev–Trinajstić information content (AvgIpc) is 2.71. The maximum atomic E-state index is 4.55. The Kier molecular flexibility index (Phi) is 2.56. The lowest BCUT2D eigenvalue weighted by Crippen LogP contribution is -1.85. The van der Waals surface area contributed by atoms with Crippen molar-refractivity contribution < 1.29 is 0 Å². The Morgan fingerprint density at radius 1 is 1.36 bits per heavy atom. The molecule has 0 fully saturated rings. The number of rotatable bonds is 2. The molecule has 0 saturated carbocycles. The first-order valence-corrected chi connectivity index (χ1v) is 6.11. The summed E-state index contributed by atoms with van der Waals surface area (Å²) < 4.78 is 0. The summed E-state index contributed by atoms with van der Waals surface area (Å²) in [6.45, 7) is 4.16. The highest BCUT2D eigenvalue weighted by atomic mass is 32.1. The molecule has 0 atom stereocenters. The van der Waals surface area contributed by atoms with Crippen molar-refractivity contribution in [1.82, 2.24) is 4.98 Å².